The third kappa shape index (κ3) is 3.37. The Morgan fingerprint density at radius 3 is 2.61 bits per heavy atom. The number of aromatic nitrogens is 3. The van der Waals surface area contributed by atoms with Crippen molar-refractivity contribution >= 4 is 33.2 Å². The highest BCUT2D eigenvalue weighted by atomic mass is 35.5. The van der Waals surface area contributed by atoms with Gasteiger partial charge in [-0.2, -0.15) is 5.10 Å². The summed E-state index contributed by atoms with van der Waals surface area (Å²) in [6.07, 6.45) is 2.12. The fourth-order valence-electron chi connectivity index (χ4n) is 4.04. The summed E-state index contributed by atoms with van der Waals surface area (Å²) in [6, 6.07) is 13.0. The molecule has 1 saturated heterocycles. The van der Waals surface area contributed by atoms with Gasteiger partial charge in [-0.3, -0.25) is 0 Å². The lowest BCUT2D eigenvalue weighted by Crippen LogP contribution is -2.57. The molecule has 8 nitrogen and oxygen atoms in total. The number of methoxy groups -OCH3 is 1. The van der Waals surface area contributed by atoms with Crippen LogP contribution < -0.4 is 4.90 Å². The van der Waals surface area contributed by atoms with Gasteiger partial charge < -0.3 is 9.64 Å². The normalized spacial score (nSPS) is 18.9. The van der Waals surface area contributed by atoms with Crippen LogP contribution in [0.2, 0.25) is 5.15 Å². The molecule has 31 heavy (non-hydrogen) atoms. The molecule has 1 aliphatic rings. The van der Waals surface area contributed by atoms with E-state index in [0.717, 1.165) is 0 Å². The minimum Gasteiger partial charge on any atom is -0.466 e. The Labute approximate surface area is 185 Å². The molecular weight excluding hydrogens is 440 g/mol. The number of hydrogen-bond donors (Lipinski definition) is 0. The molecule has 4 rings (SSSR count). The molecule has 0 N–H and O–H groups in total. The second kappa shape index (κ2) is 7.97. The Bertz CT molecular complexity index is 1230. The molecule has 0 amide bonds. The third-order valence-electron chi connectivity index (χ3n) is 5.38. The summed E-state index contributed by atoms with van der Waals surface area (Å²) in [4.78, 5) is 16.9. The first-order valence-electron chi connectivity index (χ1n) is 9.65. The Morgan fingerprint density at radius 1 is 1.19 bits per heavy atom. The molecule has 3 heterocycles. The second-order valence-corrected chi connectivity index (χ2v) is 9.78. The van der Waals surface area contributed by atoms with E-state index in [4.69, 9.17) is 16.3 Å². The average molecular weight is 461 g/mol. The molecule has 162 valence electrons. The molecule has 1 aliphatic heterocycles. The van der Waals surface area contributed by atoms with Gasteiger partial charge in [0.05, 0.1) is 23.4 Å². The first kappa shape index (κ1) is 21.3. The maximum atomic E-state index is 13.8. The van der Waals surface area contributed by atoms with Crippen molar-refractivity contribution in [2.45, 2.75) is 29.5 Å². The average Bonchev–Trinajstić information content (AvgIpc) is 3.38. The number of nitrogens with zero attached hydrogens (tertiary/aromatic N) is 4. The van der Waals surface area contributed by atoms with Crippen LogP contribution in [0.15, 0.2) is 59.6 Å². The van der Waals surface area contributed by atoms with Crippen LogP contribution in [0.3, 0.4) is 0 Å². The Morgan fingerprint density at radius 2 is 1.94 bits per heavy atom. The van der Waals surface area contributed by atoms with Crippen LogP contribution in [-0.4, -0.2) is 47.7 Å². The summed E-state index contributed by atoms with van der Waals surface area (Å²) in [5.41, 5.74) is 1.26. The van der Waals surface area contributed by atoms with Crippen LogP contribution in [-0.2, 0) is 19.4 Å². The number of halogens is 1. The van der Waals surface area contributed by atoms with Crippen molar-refractivity contribution in [2.75, 3.05) is 18.6 Å². The van der Waals surface area contributed by atoms with Crippen LogP contribution in [0.5, 0.6) is 0 Å². The van der Waals surface area contributed by atoms with E-state index in [0.29, 0.717) is 30.2 Å². The minimum absolute atomic E-state index is 0.0574. The quantitative estimate of drug-likeness (QED) is 0.426. The molecule has 0 aliphatic carbocycles. The zero-order valence-electron chi connectivity index (χ0n) is 17.0. The van der Waals surface area contributed by atoms with Crippen LogP contribution in [0.1, 0.15) is 18.5 Å². The van der Waals surface area contributed by atoms with Gasteiger partial charge >= 0.3 is 5.97 Å². The molecule has 0 bridgehead atoms. The maximum absolute atomic E-state index is 13.8. The van der Waals surface area contributed by atoms with E-state index in [1.807, 2.05) is 0 Å². The SMILES string of the molecule is COC(=O)[C@@]1(S(=O)(=O)c2ccccc2)CCCN1c1cc(C)nn1-c1ccnc(Cl)c1. The van der Waals surface area contributed by atoms with E-state index in [1.165, 1.54) is 25.4 Å². The van der Waals surface area contributed by atoms with Gasteiger partial charge in [-0.1, -0.05) is 29.8 Å². The van der Waals surface area contributed by atoms with Crippen molar-refractivity contribution in [3.8, 4) is 5.69 Å². The topological polar surface area (TPSA) is 94.4 Å². The van der Waals surface area contributed by atoms with Gasteiger partial charge in [-0.05, 0) is 38.0 Å². The van der Waals surface area contributed by atoms with E-state index in [-0.39, 0.29) is 16.5 Å². The maximum Gasteiger partial charge on any atom is 0.348 e. The highest BCUT2D eigenvalue weighted by molar-refractivity contribution is 7.93. The molecular formula is C21H21ClN4O4S. The number of rotatable bonds is 5. The number of carbonyl (C=O) groups is 1. The summed E-state index contributed by atoms with van der Waals surface area (Å²) in [6.45, 7) is 2.13. The van der Waals surface area contributed by atoms with Crippen LogP contribution in [0.25, 0.3) is 5.69 Å². The molecule has 0 spiro atoms. The largest absolute Gasteiger partial charge is 0.466 e. The highest BCUT2D eigenvalue weighted by Gasteiger charge is 2.60. The molecule has 1 fully saturated rings. The third-order valence-corrected chi connectivity index (χ3v) is 7.96. The lowest BCUT2D eigenvalue weighted by molar-refractivity contribution is -0.143. The minimum atomic E-state index is -4.13. The van der Waals surface area contributed by atoms with Crippen molar-refractivity contribution in [3.05, 3.63) is 65.6 Å². The number of hydrogen-bond acceptors (Lipinski definition) is 7. The first-order valence-corrected chi connectivity index (χ1v) is 11.5. The molecule has 1 atom stereocenters. The predicted octanol–water partition coefficient (Wildman–Crippen LogP) is 3.17. The number of sulfone groups is 1. The number of pyridine rings is 1. The second-order valence-electron chi connectivity index (χ2n) is 7.24. The Balaban J connectivity index is 1.94. The van der Waals surface area contributed by atoms with Crippen molar-refractivity contribution in [1.82, 2.24) is 14.8 Å². The van der Waals surface area contributed by atoms with E-state index >= 15 is 0 Å². The molecule has 0 unspecified atom stereocenters. The summed E-state index contributed by atoms with van der Waals surface area (Å²) >= 11 is 6.06. The molecule has 10 heteroatoms. The van der Waals surface area contributed by atoms with Crippen molar-refractivity contribution in [2.24, 2.45) is 0 Å². The number of carbonyl (C=O) groups excluding carboxylic acids is 1. The number of benzene rings is 1. The number of aryl methyl sites for hydroxylation is 1. The van der Waals surface area contributed by atoms with Crippen LogP contribution in [0, 0.1) is 6.92 Å². The van der Waals surface area contributed by atoms with Gasteiger partial charge in [0.1, 0.15) is 11.0 Å². The monoisotopic (exact) mass is 460 g/mol. The van der Waals surface area contributed by atoms with E-state index in [2.05, 4.69) is 10.1 Å². The van der Waals surface area contributed by atoms with Gasteiger partial charge in [0.25, 0.3) is 0 Å². The molecule has 2 aromatic heterocycles. The van der Waals surface area contributed by atoms with Gasteiger partial charge in [-0.15, -0.1) is 0 Å². The van der Waals surface area contributed by atoms with Gasteiger partial charge in [-0.25, -0.2) is 22.9 Å². The molecule has 1 aromatic carbocycles. The summed E-state index contributed by atoms with van der Waals surface area (Å²) in [7, 11) is -2.93. The first-order chi connectivity index (χ1) is 14.8. The number of ether oxygens (including phenoxy) is 1. The zero-order valence-corrected chi connectivity index (χ0v) is 18.6. The summed E-state index contributed by atoms with van der Waals surface area (Å²) < 4.78 is 34.3. The Hall–Kier alpha value is -2.91. The predicted molar refractivity (Wildman–Crippen MR) is 116 cm³/mol. The number of esters is 1. The lowest BCUT2D eigenvalue weighted by Gasteiger charge is -2.36. The lowest BCUT2D eigenvalue weighted by atomic mass is 10.2. The molecule has 3 aromatic rings. The van der Waals surface area contributed by atoms with Gasteiger partial charge in [0.2, 0.25) is 14.7 Å². The van der Waals surface area contributed by atoms with Crippen molar-refractivity contribution < 1.29 is 17.9 Å². The molecule has 0 radical (unpaired) electrons. The van der Waals surface area contributed by atoms with Gasteiger partial charge in [0.15, 0.2) is 0 Å². The highest BCUT2D eigenvalue weighted by Crippen LogP contribution is 2.43. The fourth-order valence-corrected chi connectivity index (χ4v) is 6.30. The van der Waals surface area contributed by atoms with E-state index < -0.39 is 20.7 Å². The van der Waals surface area contributed by atoms with Crippen LogP contribution in [0.4, 0.5) is 5.82 Å². The standard InChI is InChI=1S/C21H21ClN4O4S/c1-15-13-19(26(24-15)16-9-11-23-18(22)14-16)25-12-6-10-21(25,20(27)30-2)31(28,29)17-7-4-3-5-8-17/h3-5,7-9,11,13-14H,6,10,12H2,1-2H3/t21-/m0/s1. The van der Waals surface area contributed by atoms with E-state index in [9.17, 15) is 13.2 Å². The van der Waals surface area contributed by atoms with Crippen molar-refractivity contribution in [3.63, 3.8) is 0 Å². The zero-order chi connectivity index (χ0) is 22.2. The number of anilines is 1. The van der Waals surface area contributed by atoms with Crippen LogP contribution >= 0.6 is 11.6 Å². The Kier molecular flexibility index (Phi) is 5.49. The summed E-state index contributed by atoms with van der Waals surface area (Å²) in [5, 5.41) is 4.79. The smallest absolute Gasteiger partial charge is 0.348 e. The summed E-state index contributed by atoms with van der Waals surface area (Å²) in [5.74, 6) is -0.366. The van der Waals surface area contributed by atoms with E-state index in [1.54, 1.807) is 52.9 Å². The molecule has 0 saturated carbocycles. The fraction of sp³-hybridized carbons (Fsp3) is 0.286. The van der Waals surface area contributed by atoms with Crippen molar-refractivity contribution in [1.29, 1.82) is 0 Å². The van der Waals surface area contributed by atoms with Gasteiger partial charge in [0, 0.05) is 24.9 Å².